The number of carbonyl (C=O) groups excluding carboxylic acids is 1. The fourth-order valence-corrected chi connectivity index (χ4v) is 3.78. The highest BCUT2D eigenvalue weighted by Crippen LogP contribution is 2.25. The number of Topliss-reactive ketones (excluding diaryl/α,β-unsaturated/α-hetero) is 1. The van der Waals surface area contributed by atoms with Gasteiger partial charge in [0.05, 0.1) is 0 Å². The van der Waals surface area contributed by atoms with Crippen molar-refractivity contribution in [3.8, 4) is 0 Å². The van der Waals surface area contributed by atoms with Gasteiger partial charge < -0.3 is 4.74 Å². The predicted molar refractivity (Wildman–Crippen MR) is 138 cm³/mol. The summed E-state index contributed by atoms with van der Waals surface area (Å²) in [4.78, 5) is 12.6. The Kier molecular flexibility index (Phi) is 15.1. The van der Waals surface area contributed by atoms with Gasteiger partial charge in [-0.3, -0.25) is 4.79 Å². The van der Waals surface area contributed by atoms with Crippen LogP contribution in [0.1, 0.15) is 70.4 Å². The minimum absolute atomic E-state index is 0.0674. The molecule has 2 unspecified atom stereocenters. The number of aryl methyl sites for hydroxylation is 1. The molecule has 2 atom stereocenters. The van der Waals surface area contributed by atoms with Gasteiger partial charge in [-0.1, -0.05) is 106 Å². The van der Waals surface area contributed by atoms with Gasteiger partial charge in [0.25, 0.3) is 0 Å². The zero-order valence-corrected chi connectivity index (χ0v) is 20.8. The van der Waals surface area contributed by atoms with Gasteiger partial charge in [-0.05, 0) is 56.6 Å². The summed E-state index contributed by atoms with van der Waals surface area (Å²) in [5.41, 5.74) is 3.30. The van der Waals surface area contributed by atoms with E-state index in [0.717, 1.165) is 45.3 Å². The second-order valence-electron chi connectivity index (χ2n) is 8.89. The van der Waals surface area contributed by atoms with Crippen molar-refractivity contribution < 1.29 is 9.53 Å². The van der Waals surface area contributed by atoms with E-state index < -0.39 is 0 Å². The van der Waals surface area contributed by atoms with Gasteiger partial charge in [0.1, 0.15) is 0 Å². The van der Waals surface area contributed by atoms with E-state index in [-0.39, 0.29) is 11.7 Å². The van der Waals surface area contributed by atoms with Crippen molar-refractivity contribution in [3.05, 3.63) is 83.9 Å². The molecule has 0 bridgehead atoms. The molecule has 0 aliphatic carbocycles. The summed E-state index contributed by atoms with van der Waals surface area (Å²) in [5.74, 6) is 0.627. The van der Waals surface area contributed by atoms with Crippen molar-refractivity contribution in [1.82, 2.24) is 0 Å². The van der Waals surface area contributed by atoms with Crippen LogP contribution < -0.4 is 0 Å². The molecule has 0 spiro atoms. The van der Waals surface area contributed by atoms with Crippen LogP contribution in [0.3, 0.4) is 0 Å². The molecular formula is C30H44O2. The average Bonchev–Trinajstić information content (AvgIpc) is 2.79. The van der Waals surface area contributed by atoms with E-state index in [1.165, 1.54) is 24.0 Å². The van der Waals surface area contributed by atoms with Gasteiger partial charge in [-0.15, -0.1) is 0 Å². The van der Waals surface area contributed by atoms with E-state index in [1.54, 1.807) is 0 Å². The zero-order chi connectivity index (χ0) is 23.6. The summed E-state index contributed by atoms with van der Waals surface area (Å²) in [6.45, 7) is 13.9. The largest absolute Gasteiger partial charge is 0.381 e. The summed E-state index contributed by atoms with van der Waals surface area (Å²) in [6.07, 6.45) is 7.57. The quantitative estimate of drug-likeness (QED) is 0.221. The first-order chi connectivity index (χ1) is 15.5. The topological polar surface area (TPSA) is 26.3 Å². The van der Waals surface area contributed by atoms with Crippen LogP contribution in [0.2, 0.25) is 0 Å². The summed E-state index contributed by atoms with van der Waals surface area (Å²) in [6, 6.07) is 20.7. The highest BCUT2D eigenvalue weighted by Gasteiger charge is 2.25. The Bertz CT molecular complexity index is 736. The smallest absolute Gasteiger partial charge is 0.161 e. The van der Waals surface area contributed by atoms with Crippen LogP contribution >= 0.6 is 0 Å². The van der Waals surface area contributed by atoms with E-state index in [0.29, 0.717) is 11.5 Å². The lowest BCUT2D eigenvalue weighted by Crippen LogP contribution is -2.24. The van der Waals surface area contributed by atoms with Crippen LogP contribution in [0.15, 0.2) is 72.8 Å². The number of rotatable bonds is 14. The number of allylic oxidation sites excluding steroid dienone is 1. The summed E-state index contributed by atoms with van der Waals surface area (Å²) in [5, 5.41) is 0. The van der Waals surface area contributed by atoms with Crippen molar-refractivity contribution >= 4 is 5.78 Å². The van der Waals surface area contributed by atoms with Gasteiger partial charge in [0.15, 0.2) is 5.78 Å². The predicted octanol–water partition coefficient (Wildman–Crippen LogP) is 8.00. The number of benzene rings is 2. The molecule has 0 saturated heterocycles. The molecule has 0 aliphatic rings. The average molecular weight is 437 g/mol. The SMILES string of the molecule is C=C(C)C(=O)C(CCCCOCCCCC)C(C)Cc1ccccc1.Cc1ccccc1. The van der Waals surface area contributed by atoms with Crippen LogP contribution in [0.4, 0.5) is 0 Å². The molecule has 2 rings (SSSR count). The zero-order valence-electron chi connectivity index (χ0n) is 20.8. The molecule has 2 heteroatoms. The van der Waals surface area contributed by atoms with Crippen LogP contribution in [0, 0.1) is 18.8 Å². The molecule has 0 amide bonds. The number of unbranched alkanes of at least 4 members (excludes halogenated alkanes) is 3. The maximum Gasteiger partial charge on any atom is 0.161 e. The first kappa shape index (κ1) is 27.8. The molecule has 32 heavy (non-hydrogen) atoms. The van der Waals surface area contributed by atoms with Crippen molar-refractivity contribution in [3.63, 3.8) is 0 Å². The molecule has 0 aromatic heterocycles. The molecule has 2 aromatic carbocycles. The lowest BCUT2D eigenvalue weighted by molar-refractivity contribution is -0.120. The molecule has 2 aromatic rings. The fourth-order valence-electron chi connectivity index (χ4n) is 3.78. The van der Waals surface area contributed by atoms with Gasteiger partial charge in [-0.2, -0.15) is 0 Å². The third-order valence-electron chi connectivity index (χ3n) is 5.73. The Morgan fingerprint density at radius 1 is 0.906 bits per heavy atom. The second kappa shape index (κ2) is 17.4. The second-order valence-corrected chi connectivity index (χ2v) is 8.89. The highest BCUT2D eigenvalue weighted by molar-refractivity contribution is 5.96. The first-order valence-corrected chi connectivity index (χ1v) is 12.3. The monoisotopic (exact) mass is 436 g/mol. The van der Waals surface area contributed by atoms with Gasteiger partial charge >= 0.3 is 0 Å². The maximum absolute atomic E-state index is 12.6. The molecular weight excluding hydrogens is 392 g/mol. The number of hydrogen-bond donors (Lipinski definition) is 0. The van der Waals surface area contributed by atoms with E-state index in [9.17, 15) is 4.79 Å². The van der Waals surface area contributed by atoms with Crippen LogP contribution in [-0.2, 0) is 16.0 Å². The molecule has 0 fully saturated rings. The molecule has 0 aliphatic heterocycles. The Hall–Kier alpha value is -2.19. The molecule has 176 valence electrons. The number of ketones is 1. The number of hydrogen-bond acceptors (Lipinski definition) is 2. The summed E-state index contributed by atoms with van der Waals surface area (Å²) < 4.78 is 5.68. The van der Waals surface area contributed by atoms with Gasteiger partial charge in [0, 0.05) is 19.1 Å². The molecule has 2 nitrogen and oxygen atoms in total. The Morgan fingerprint density at radius 2 is 1.47 bits per heavy atom. The van der Waals surface area contributed by atoms with E-state index in [1.807, 2.05) is 31.2 Å². The van der Waals surface area contributed by atoms with Gasteiger partial charge in [-0.25, -0.2) is 0 Å². The molecule has 0 radical (unpaired) electrons. The molecule has 0 saturated carbocycles. The lowest BCUT2D eigenvalue weighted by Gasteiger charge is -2.23. The normalized spacial score (nSPS) is 12.4. The van der Waals surface area contributed by atoms with Gasteiger partial charge in [0.2, 0.25) is 0 Å². The molecule has 0 N–H and O–H groups in total. The summed E-state index contributed by atoms with van der Waals surface area (Å²) in [7, 11) is 0. The Morgan fingerprint density at radius 3 is 1.97 bits per heavy atom. The third-order valence-corrected chi connectivity index (χ3v) is 5.73. The molecule has 0 heterocycles. The maximum atomic E-state index is 12.6. The minimum Gasteiger partial charge on any atom is -0.381 e. The van der Waals surface area contributed by atoms with Crippen molar-refractivity contribution in [2.75, 3.05) is 13.2 Å². The van der Waals surface area contributed by atoms with Crippen LogP contribution in [-0.4, -0.2) is 19.0 Å². The minimum atomic E-state index is 0.0674. The lowest BCUT2D eigenvalue weighted by atomic mass is 9.80. The Labute approximate surface area is 197 Å². The van der Waals surface area contributed by atoms with E-state index in [4.69, 9.17) is 4.74 Å². The van der Waals surface area contributed by atoms with Crippen LogP contribution in [0.25, 0.3) is 0 Å². The number of ether oxygens (including phenoxy) is 1. The van der Waals surface area contributed by atoms with Crippen molar-refractivity contribution in [1.29, 1.82) is 0 Å². The third kappa shape index (κ3) is 12.6. The van der Waals surface area contributed by atoms with Crippen LogP contribution in [0.5, 0.6) is 0 Å². The number of carbonyl (C=O) groups is 1. The Balaban J connectivity index is 0.000000616. The first-order valence-electron chi connectivity index (χ1n) is 12.3. The van der Waals surface area contributed by atoms with E-state index in [2.05, 4.69) is 63.7 Å². The van der Waals surface area contributed by atoms with Crippen molar-refractivity contribution in [2.45, 2.75) is 72.6 Å². The fraction of sp³-hybridized carbons (Fsp3) is 0.500. The summed E-state index contributed by atoms with van der Waals surface area (Å²) >= 11 is 0. The van der Waals surface area contributed by atoms with E-state index >= 15 is 0 Å². The highest BCUT2D eigenvalue weighted by atomic mass is 16.5. The standard InChI is InChI=1S/C23H36O2.C7H8/c1-5-6-11-16-25-17-12-10-15-22(23(24)19(2)3)20(4)18-21-13-8-7-9-14-21;1-7-5-3-2-4-6-7/h7-9,13-14,20,22H,2,5-6,10-12,15-18H2,1,3-4H3;2-6H,1H3. The van der Waals surface area contributed by atoms with Crippen molar-refractivity contribution in [2.24, 2.45) is 11.8 Å².